The van der Waals surface area contributed by atoms with Crippen LogP contribution in [0.1, 0.15) is 26.0 Å². The van der Waals surface area contributed by atoms with Crippen LogP contribution in [-0.4, -0.2) is 49.4 Å². The number of aryl methyl sites for hydroxylation is 1. The molecule has 0 spiro atoms. The number of benzene rings is 2. The van der Waals surface area contributed by atoms with E-state index in [1.807, 2.05) is 25.1 Å². The number of ether oxygens (including phenoxy) is 2. The average molecular weight is 486 g/mol. The number of hydrogen-bond donors (Lipinski definition) is 0. The van der Waals surface area contributed by atoms with E-state index in [1.165, 1.54) is 0 Å². The van der Waals surface area contributed by atoms with Crippen molar-refractivity contribution < 1.29 is 27.1 Å². The molecule has 1 fully saturated rings. The fourth-order valence-corrected chi connectivity index (χ4v) is 5.90. The van der Waals surface area contributed by atoms with Gasteiger partial charge < -0.3 is 18.8 Å². The molecule has 0 unspecified atom stereocenters. The molecule has 0 bridgehead atoms. The number of carbonyl (C=O) groups is 1. The first-order valence-corrected chi connectivity index (χ1v) is 13.0. The normalized spacial score (nSPS) is 17.9. The van der Waals surface area contributed by atoms with Gasteiger partial charge in [-0.15, -0.1) is 0 Å². The maximum Gasteiger partial charge on any atom is 0.263 e. The Morgan fingerprint density at radius 1 is 1.18 bits per heavy atom. The van der Waals surface area contributed by atoms with Crippen LogP contribution in [0.4, 0.5) is 0 Å². The summed E-state index contributed by atoms with van der Waals surface area (Å²) in [5.74, 6) is 1.11. The Hall–Kier alpha value is -3.33. The summed E-state index contributed by atoms with van der Waals surface area (Å²) in [6, 6.07) is 13.4. The van der Waals surface area contributed by atoms with Crippen molar-refractivity contribution in [3.63, 3.8) is 0 Å². The topological polar surface area (TPSA) is 103 Å². The molecular formula is C25H27NO7S. The Balaban J connectivity index is 1.54. The molecule has 1 saturated heterocycles. The highest BCUT2D eigenvalue weighted by molar-refractivity contribution is 7.91. The van der Waals surface area contributed by atoms with Crippen molar-refractivity contribution in [3.8, 4) is 17.2 Å². The summed E-state index contributed by atoms with van der Waals surface area (Å²) in [4.78, 5) is 27.5. The molecule has 4 rings (SSSR count). The van der Waals surface area contributed by atoms with E-state index < -0.39 is 15.9 Å². The van der Waals surface area contributed by atoms with Gasteiger partial charge in [0.05, 0.1) is 16.9 Å². The second-order valence-corrected chi connectivity index (χ2v) is 10.6. The van der Waals surface area contributed by atoms with Crippen LogP contribution in [0, 0.1) is 6.92 Å². The van der Waals surface area contributed by atoms with Crippen LogP contribution >= 0.6 is 0 Å². The van der Waals surface area contributed by atoms with Crippen LogP contribution in [0.3, 0.4) is 0 Å². The smallest absolute Gasteiger partial charge is 0.263 e. The highest BCUT2D eigenvalue weighted by Gasteiger charge is 2.35. The number of rotatable bonds is 7. The lowest BCUT2D eigenvalue weighted by Gasteiger charge is -2.29. The van der Waals surface area contributed by atoms with Gasteiger partial charge in [-0.3, -0.25) is 9.59 Å². The molecule has 0 aliphatic carbocycles. The molecule has 180 valence electrons. The molecule has 2 heterocycles. The number of fused-ring (bicyclic) bond motifs is 1. The molecule has 9 heteroatoms. The molecule has 0 radical (unpaired) electrons. The van der Waals surface area contributed by atoms with Crippen LogP contribution in [0.2, 0.25) is 0 Å². The zero-order valence-corrected chi connectivity index (χ0v) is 20.1. The van der Waals surface area contributed by atoms with Crippen molar-refractivity contribution in [2.45, 2.75) is 39.3 Å². The molecule has 2 atom stereocenters. The van der Waals surface area contributed by atoms with E-state index in [2.05, 4.69) is 0 Å². The van der Waals surface area contributed by atoms with E-state index in [-0.39, 0.29) is 34.6 Å². The highest BCUT2D eigenvalue weighted by Crippen LogP contribution is 2.28. The molecule has 2 aromatic carbocycles. The Kier molecular flexibility index (Phi) is 6.65. The molecule has 1 aliphatic rings. The molecule has 1 aromatic heterocycles. The highest BCUT2D eigenvalue weighted by atomic mass is 32.2. The summed E-state index contributed by atoms with van der Waals surface area (Å²) < 4.78 is 41.1. The van der Waals surface area contributed by atoms with Crippen LogP contribution in [0.5, 0.6) is 17.2 Å². The Morgan fingerprint density at radius 3 is 2.56 bits per heavy atom. The number of likely N-dealkylation sites (N-methyl/N-ethyl adjacent to an activating group) is 1. The number of nitrogens with zero attached hydrogens (tertiary/aromatic N) is 1. The molecule has 8 nitrogen and oxygen atoms in total. The van der Waals surface area contributed by atoms with E-state index in [4.69, 9.17) is 13.9 Å². The lowest BCUT2D eigenvalue weighted by atomic mass is 10.2. The minimum absolute atomic E-state index is 0.0207. The van der Waals surface area contributed by atoms with Crippen molar-refractivity contribution in [3.05, 3.63) is 64.5 Å². The summed E-state index contributed by atoms with van der Waals surface area (Å²) >= 11 is 0. The molecule has 0 saturated carbocycles. The van der Waals surface area contributed by atoms with Gasteiger partial charge in [0.15, 0.2) is 15.9 Å². The number of hydrogen-bond acceptors (Lipinski definition) is 7. The summed E-state index contributed by atoms with van der Waals surface area (Å²) in [6.07, 6.45) is -0.406. The minimum atomic E-state index is -3.11. The monoisotopic (exact) mass is 485 g/mol. The number of carbonyl (C=O) groups excluding carboxylic acids is 1. The first kappa shape index (κ1) is 23.8. The molecular weight excluding hydrogens is 458 g/mol. The van der Waals surface area contributed by atoms with E-state index in [1.54, 1.807) is 49.1 Å². The van der Waals surface area contributed by atoms with Gasteiger partial charge in [0.1, 0.15) is 22.8 Å². The van der Waals surface area contributed by atoms with Gasteiger partial charge in [-0.25, -0.2) is 8.42 Å². The minimum Gasteiger partial charge on any atom is -0.481 e. The predicted molar refractivity (Wildman–Crippen MR) is 128 cm³/mol. The SMILES string of the molecule is CCN(C(=O)[C@H](C)Oc1ccc2c(=O)c(Oc3ccccc3)c(C)oc2c1)[C@H]1CCS(=O)(=O)C1. The third-order valence-electron chi connectivity index (χ3n) is 5.88. The van der Waals surface area contributed by atoms with Gasteiger partial charge in [0, 0.05) is 18.7 Å². The van der Waals surface area contributed by atoms with E-state index >= 15 is 0 Å². The van der Waals surface area contributed by atoms with Crippen LogP contribution in [0.25, 0.3) is 11.0 Å². The van der Waals surface area contributed by atoms with Gasteiger partial charge in [0.25, 0.3) is 5.91 Å². The van der Waals surface area contributed by atoms with E-state index in [9.17, 15) is 18.0 Å². The average Bonchev–Trinajstić information content (AvgIpc) is 3.16. The van der Waals surface area contributed by atoms with E-state index in [0.717, 1.165) is 0 Å². The molecule has 1 amide bonds. The van der Waals surface area contributed by atoms with Gasteiger partial charge in [0.2, 0.25) is 11.2 Å². The molecule has 0 N–H and O–H groups in total. The number of amides is 1. The van der Waals surface area contributed by atoms with Crippen molar-refractivity contribution in [1.29, 1.82) is 0 Å². The summed E-state index contributed by atoms with van der Waals surface area (Å²) in [7, 11) is -3.11. The zero-order chi connectivity index (χ0) is 24.5. The van der Waals surface area contributed by atoms with Crippen LogP contribution < -0.4 is 14.9 Å². The standard InChI is InChI=1S/C25H27NO7S/c1-4-26(18-12-13-34(29,30)15-18)25(28)17(3)31-20-10-11-21-22(14-20)32-16(2)24(23(21)27)33-19-8-6-5-7-9-19/h5-11,14,17-18H,4,12-13,15H2,1-3H3/t17-,18-/m0/s1. The Labute approximate surface area is 198 Å². The Morgan fingerprint density at radius 2 is 1.91 bits per heavy atom. The maximum atomic E-state index is 13.0. The maximum absolute atomic E-state index is 13.0. The summed E-state index contributed by atoms with van der Waals surface area (Å²) in [5, 5.41) is 0.328. The van der Waals surface area contributed by atoms with Crippen molar-refractivity contribution in [2.75, 3.05) is 18.1 Å². The second kappa shape index (κ2) is 9.50. The first-order chi connectivity index (χ1) is 16.2. The quantitative estimate of drug-likeness (QED) is 0.503. The lowest BCUT2D eigenvalue weighted by molar-refractivity contribution is -0.139. The zero-order valence-electron chi connectivity index (χ0n) is 19.3. The van der Waals surface area contributed by atoms with Crippen LogP contribution in [-0.2, 0) is 14.6 Å². The largest absolute Gasteiger partial charge is 0.481 e. The third-order valence-corrected chi connectivity index (χ3v) is 7.63. The number of sulfone groups is 1. The van der Waals surface area contributed by atoms with Crippen LogP contribution in [0.15, 0.2) is 57.7 Å². The number of para-hydroxylation sites is 1. The van der Waals surface area contributed by atoms with Crippen molar-refractivity contribution >= 4 is 26.7 Å². The van der Waals surface area contributed by atoms with Gasteiger partial charge >= 0.3 is 0 Å². The fourth-order valence-electron chi connectivity index (χ4n) is 4.17. The molecule has 3 aromatic rings. The second-order valence-electron chi connectivity index (χ2n) is 8.33. The van der Waals surface area contributed by atoms with E-state index in [0.29, 0.717) is 41.2 Å². The van der Waals surface area contributed by atoms with Gasteiger partial charge in [-0.2, -0.15) is 0 Å². The van der Waals surface area contributed by atoms with Crippen molar-refractivity contribution in [2.24, 2.45) is 0 Å². The van der Waals surface area contributed by atoms with Gasteiger partial charge in [-0.1, -0.05) is 18.2 Å². The first-order valence-electron chi connectivity index (χ1n) is 11.2. The van der Waals surface area contributed by atoms with Gasteiger partial charge in [-0.05, 0) is 51.5 Å². The molecule has 1 aliphatic heterocycles. The predicted octanol–water partition coefficient (Wildman–Crippen LogP) is 3.70. The molecule has 34 heavy (non-hydrogen) atoms. The summed E-state index contributed by atoms with van der Waals surface area (Å²) in [5.41, 5.74) is 0.00664. The summed E-state index contributed by atoms with van der Waals surface area (Å²) in [6.45, 7) is 5.48. The lowest BCUT2D eigenvalue weighted by Crippen LogP contribution is -2.46. The Bertz CT molecular complexity index is 1370. The fraction of sp³-hybridized carbons (Fsp3) is 0.360. The van der Waals surface area contributed by atoms with Crippen molar-refractivity contribution in [1.82, 2.24) is 4.90 Å². The third kappa shape index (κ3) is 4.94.